The molecule has 0 aromatic heterocycles. The van der Waals surface area contributed by atoms with Crippen LogP contribution in [0.1, 0.15) is 6.92 Å². The van der Waals surface area contributed by atoms with Crippen LogP contribution in [0, 0.1) is 0 Å². The van der Waals surface area contributed by atoms with Gasteiger partial charge < -0.3 is 19.9 Å². The molecule has 1 unspecified atom stereocenters. The Morgan fingerprint density at radius 1 is 1.24 bits per heavy atom. The number of carboxylic acids is 2. The summed E-state index contributed by atoms with van der Waals surface area (Å²) in [5.41, 5.74) is -0.539. The number of hydrogen-bond donors (Lipinski definition) is 2. The quantitative estimate of drug-likeness (QED) is 0.520. The Bertz CT molecular complexity index is 395. The van der Waals surface area contributed by atoms with Crippen LogP contribution in [0.2, 0.25) is 0 Å². The molecule has 1 aliphatic heterocycles. The fourth-order valence-electron chi connectivity index (χ4n) is 2.53. The van der Waals surface area contributed by atoms with Crippen LogP contribution < -0.4 is 0 Å². The summed E-state index contributed by atoms with van der Waals surface area (Å²) in [4.78, 5) is 37.3. The van der Waals surface area contributed by atoms with E-state index in [2.05, 4.69) is 0 Å². The third-order valence-corrected chi connectivity index (χ3v) is 3.47. The minimum Gasteiger partial charge on any atom is -0.541 e. The molecule has 1 rings (SSSR count). The number of rotatable bonds is 7. The number of nitrogens with zero attached hydrogens (tertiary/aromatic N) is 3. The molecule has 0 aromatic rings. The van der Waals surface area contributed by atoms with E-state index in [9.17, 15) is 14.4 Å². The molecule has 21 heavy (non-hydrogen) atoms. The summed E-state index contributed by atoms with van der Waals surface area (Å²) in [6.07, 6.45) is 1.80. The third-order valence-electron chi connectivity index (χ3n) is 3.47. The first kappa shape index (κ1) is 20.6. The van der Waals surface area contributed by atoms with Gasteiger partial charge in [0.15, 0.2) is 0 Å². The van der Waals surface area contributed by atoms with Gasteiger partial charge in [0.2, 0.25) is 0 Å². The monoisotopic (exact) mass is 375 g/mol. The standard InChI is InChI=1S/C12H20N3O5.Y/c1-12(13(2)5-10(17)18)7-14(3-4-16)9-15(8-12)6-11(19)20;/h3,5-9H2,1-2H3,(H,17,18)(H,19,20);/q-1;. The normalized spacial score (nSPS) is 23.6. The Kier molecular flexibility index (Phi) is 8.72. The predicted octanol–water partition coefficient (Wildman–Crippen LogP) is -1.47. The van der Waals surface area contributed by atoms with Gasteiger partial charge in [-0.05, 0) is 14.0 Å². The van der Waals surface area contributed by atoms with Crippen LogP contribution in [0.4, 0.5) is 0 Å². The molecule has 0 bridgehead atoms. The van der Waals surface area contributed by atoms with Gasteiger partial charge in [-0.15, -0.1) is 0 Å². The van der Waals surface area contributed by atoms with Crippen LogP contribution in [0.15, 0.2) is 0 Å². The van der Waals surface area contributed by atoms with E-state index in [1.165, 1.54) is 0 Å². The van der Waals surface area contributed by atoms with Crippen molar-refractivity contribution in [2.24, 2.45) is 0 Å². The van der Waals surface area contributed by atoms with Crippen LogP contribution in [0.25, 0.3) is 0 Å². The molecule has 1 fully saturated rings. The van der Waals surface area contributed by atoms with Crippen LogP contribution in [-0.4, -0.2) is 95.1 Å². The molecule has 0 saturated carbocycles. The molecule has 1 aliphatic rings. The number of carboxylic acid groups (broad SMARTS) is 2. The third kappa shape index (κ3) is 6.48. The zero-order chi connectivity index (χ0) is 15.3. The summed E-state index contributed by atoms with van der Waals surface area (Å²) >= 11 is 0. The average Bonchev–Trinajstić information content (AvgIpc) is 2.26. The molecule has 9 heteroatoms. The van der Waals surface area contributed by atoms with Crippen molar-refractivity contribution in [2.75, 3.05) is 46.4 Å². The maximum absolute atomic E-state index is 10.8. The van der Waals surface area contributed by atoms with E-state index < -0.39 is 17.5 Å². The molecular formula is C12H20N3O5Y-. The Hall–Kier alpha value is -0.406. The van der Waals surface area contributed by atoms with E-state index >= 15 is 0 Å². The summed E-state index contributed by atoms with van der Waals surface area (Å²) in [5.74, 6) is -1.90. The van der Waals surface area contributed by atoms with Gasteiger partial charge in [0.25, 0.3) is 0 Å². The van der Waals surface area contributed by atoms with Crippen LogP contribution >= 0.6 is 0 Å². The van der Waals surface area contributed by atoms with Gasteiger partial charge in [0.1, 0.15) is 0 Å². The Morgan fingerprint density at radius 2 is 1.81 bits per heavy atom. The maximum atomic E-state index is 10.8. The van der Waals surface area contributed by atoms with Crippen molar-refractivity contribution in [3.8, 4) is 0 Å². The first-order valence-electron chi connectivity index (χ1n) is 6.21. The van der Waals surface area contributed by atoms with Crippen LogP contribution in [0.3, 0.4) is 0 Å². The van der Waals surface area contributed by atoms with Crippen molar-refractivity contribution >= 4 is 18.2 Å². The van der Waals surface area contributed by atoms with Gasteiger partial charge in [0, 0.05) is 58.0 Å². The zero-order valence-electron chi connectivity index (χ0n) is 12.3. The molecule has 1 atom stereocenters. The smallest absolute Gasteiger partial charge is 0.317 e. The van der Waals surface area contributed by atoms with Gasteiger partial charge in [-0.2, -0.15) is 0 Å². The molecule has 0 spiro atoms. The van der Waals surface area contributed by atoms with Gasteiger partial charge in [-0.1, -0.05) is 6.54 Å². The molecule has 117 valence electrons. The minimum atomic E-state index is -0.954. The fourth-order valence-corrected chi connectivity index (χ4v) is 2.53. The second-order valence-electron chi connectivity index (χ2n) is 5.40. The summed E-state index contributed by atoms with van der Waals surface area (Å²) in [7, 11) is 1.68. The van der Waals surface area contributed by atoms with Crippen molar-refractivity contribution in [1.82, 2.24) is 14.7 Å². The largest absolute Gasteiger partial charge is 0.541 e. The van der Waals surface area contributed by atoms with E-state index in [4.69, 9.17) is 10.2 Å². The van der Waals surface area contributed by atoms with Crippen LogP contribution in [-0.2, 0) is 47.1 Å². The SMILES string of the molecule is CN(CC(=O)O)C1(C)CN(C[C-]=O)CN(CC(=O)O)C1.[Y]. The van der Waals surface area contributed by atoms with Gasteiger partial charge in [-0.3, -0.25) is 19.4 Å². The molecule has 0 aliphatic carbocycles. The summed E-state index contributed by atoms with van der Waals surface area (Å²) < 4.78 is 0. The van der Waals surface area contributed by atoms with Gasteiger partial charge in [-0.25, -0.2) is 6.29 Å². The van der Waals surface area contributed by atoms with Crippen molar-refractivity contribution in [2.45, 2.75) is 12.5 Å². The van der Waals surface area contributed by atoms with E-state index in [0.717, 1.165) is 0 Å². The minimum absolute atomic E-state index is 0. The van der Waals surface area contributed by atoms with Gasteiger partial charge >= 0.3 is 11.9 Å². The Labute approximate surface area is 148 Å². The topological polar surface area (TPSA) is 101 Å². The fraction of sp³-hybridized carbons (Fsp3) is 0.750. The van der Waals surface area contributed by atoms with E-state index in [1.807, 2.05) is 6.92 Å². The Balaban J connectivity index is 0.00000400. The molecule has 2 N–H and O–H groups in total. The number of aliphatic carboxylic acids is 2. The zero-order valence-corrected chi connectivity index (χ0v) is 15.1. The van der Waals surface area contributed by atoms with Crippen molar-refractivity contribution in [3.63, 3.8) is 0 Å². The van der Waals surface area contributed by atoms with E-state index in [1.54, 1.807) is 28.0 Å². The molecule has 0 aromatic carbocycles. The second kappa shape index (κ2) is 8.90. The van der Waals surface area contributed by atoms with E-state index in [0.29, 0.717) is 19.8 Å². The molecule has 1 heterocycles. The van der Waals surface area contributed by atoms with Crippen molar-refractivity contribution < 1.29 is 57.3 Å². The average molecular weight is 375 g/mol. The van der Waals surface area contributed by atoms with Gasteiger partial charge in [0.05, 0.1) is 13.1 Å². The molecule has 1 saturated heterocycles. The second-order valence-corrected chi connectivity index (χ2v) is 5.40. The number of likely N-dealkylation sites (N-methyl/N-ethyl adjacent to an activating group) is 1. The molecule has 0 amide bonds. The number of hydrogen-bond acceptors (Lipinski definition) is 6. The van der Waals surface area contributed by atoms with E-state index in [-0.39, 0.29) is 52.3 Å². The first-order valence-corrected chi connectivity index (χ1v) is 6.21. The summed E-state index contributed by atoms with van der Waals surface area (Å²) in [6, 6.07) is 0. The van der Waals surface area contributed by atoms with Crippen molar-refractivity contribution in [1.29, 1.82) is 0 Å². The first-order chi connectivity index (χ1) is 9.26. The summed E-state index contributed by atoms with van der Waals surface area (Å²) in [6.45, 7) is 2.93. The molecule has 1 radical (unpaired) electrons. The number of carbonyl (C=O) groups is 2. The predicted molar refractivity (Wildman–Crippen MR) is 70.0 cm³/mol. The number of carbonyl (C=O) groups excluding carboxylic acids is 1. The van der Waals surface area contributed by atoms with Crippen molar-refractivity contribution in [3.05, 3.63) is 0 Å². The Morgan fingerprint density at radius 3 is 2.29 bits per heavy atom. The maximum Gasteiger partial charge on any atom is 0.317 e. The summed E-state index contributed by atoms with van der Waals surface area (Å²) in [5, 5.41) is 17.8. The molecular weight excluding hydrogens is 355 g/mol. The van der Waals surface area contributed by atoms with Crippen LogP contribution in [0.5, 0.6) is 0 Å². The molecule has 8 nitrogen and oxygen atoms in total.